The van der Waals surface area contributed by atoms with Gasteiger partial charge in [-0.05, 0) is 50.0 Å². The van der Waals surface area contributed by atoms with Gasteiger partial charge in [0.25, 0.3) is 5.69 Å². The van der Waals surface area contributed by atoms with Gasteiger partial charge in [0.05, 0.1) is 20.9 Å². The normalized spacial score (nSPS) is 25.5. The molecule has 138 valence electrons. The van der Waals surface area contributed by atoms with Gasteiger partial charge in [-0.3, -0.25) is 14.9 Å². The van der Waals surface area contributed by atoms with E-state index >= 15 is 0 Å². The van der Waals surface area contributed by atoms with Gasteiger partial charge in [0.15, 0.2) is 4.34 Å². The molecule has 2 aromatic rings. The van der Waals surface area contributed by atoms with Crippen LogP contribution in [0.1, 0.15) is 32.6 Å². The number of nitro groups is 1. The van der Waals surface area contributed by atoms with Crippen LogP contribution in [0.2, 0.25) is 0 Å². The Morgan fingerprint density at radius 2 is 2.31 bits per heavy atom. The Morgan fingerprint density at radius 1 is 1.46 bits per heavy atom. The molecule has 4 rings (SSSR count). The van der Waals surface area contributed by atoms with Crippen molar-refractivity contribution in [3.8, 4) is 0 Å². The monoisotopic (exact) mass is 391 g/mol. The summed E-state index contributed by atoms with van der Waals surface area (Å²) in [6, 6.07) is 4.89. The Labute approximate surface area is 159 Å². The molecule has 0 spiro atoms. The van der Waals surface area contributed by atoms with E-state index in [0.717, 1.165) is 26.4 Å². The van der Waals surface area contributed by atoms with Gasteiger partial charge in [-0.25, -0.2) is 4.98 Å². The molecule has 2 aliphatic carbocycles. The maximum atomic E-state index is 12.3. The fraction of sp³-hybridized carbons (Fsp3) is 0.556. The highest BCUT2D eigenvalue weighted by molar-refractivity contribution is 8.01. The Kier molecular flexibility index (Phi) is 4.88. The fourth-order valence-electron chi connectivity index (χ4n) is 4.50. The number of carbonyl (C=O) groups excluding carboxylic acids is 1. The average Bonchev–Trinajstić information content (AvgIpc) is 3.33. The zero-order valence-electron chi connectivity index (χ0n) is 14.5. The molecule has 2 bridgehead atoms. The zero-order valence-corrected chi connectivity index (χ0v) is 16.1. The number of amides is 1. The number of nitro benzene ring substituents is 1. The number of non-ortho nitro benzene ring substituents is 1. The third kappa shape index (κ3) is 3.57. The molecule has 2 saturated carbocycles. The molecule has 2 aliphatic rings. The topological polar surface area (TPSA) is 85.1 Å². The summed E-state index contributed by atoms with van der Waals surface area (Å²) in [5, 5.41) is 14.0. The van der Waals surface area contributed by atoms with Crippen molar-refractivity contribution in [3.63, 3.8) is 0 Å². The van der Waals surface area contributed by atoms with E-state index in [0.29, 0.717) is 11.7 Å². The number of nitrogens with one attached hydrogen (secondary N) is 1. The first-order valence-electron chi connectivity index (χ1n) is 8.96. The lowest BCUT2D eigenvalue weighted by Crippen LogP contribution is -2.40. The van der Waals surface area contributed by atoms with E-state index in [2.05, 4.69) is 17.2 Å². The molecule has 1 aromatic carbocycles. The van der Waals surface area contributed by atoms with Gasteiger partial charge in [-0.2, -0.15) is 0 Å². The highest BCUT2D eigenvalue weighted by Crippen LogP contribution is 2.49. The molecule has 0 saturated heterocycles. The van der Waals surface area contributed by atoms with Crippen LogP contribution in [-0.2, 0) is 4.79 Å². The van der Waals surface area contributed by atoms with E-state index in [1.807, 2.05) is 0 Å². The summed E-state index contributed by atoms with van der Waals surface area (Å²) in [4.78, 5) is 27.2. The van der Waals surface area contributed by atoms with E-state index in [4.69, 9.17) is 0 Å². The second kappa shape index (κ2) is 7.15. The second-order valence-corrected chi connectivity index (χ2v) is 9.63. The number of benzene rings is 1. The average molecular weight is 392 g/mol. The van der Waals surface area contributed by atoms with E-state index < -0.39 is 4.92 Å². The number of thiazole rings is 1. The molecule has 0 aliphatic heterocycles. The van der Waals surface area contributed by atoms with Crippen LogP contribution in [0.4, 0.5) is 5.69 Å². The molecule has 0 unspecified atom stereocenters. The lowest BCUT2D eigenvalue weighted by Gasteiger charge is -2.28. The molecule has 2 fully saturated rings. The first-order chi connectivity index (χ1) is 12.5. The quantitative estimate of drug-likeness (QED) is 0.452. The van der Waals surface area contributed by atoms with Crippen LogP contribution in [0, 0.1) is 27.9 Å². The van der Waals surface area contributed by atoms with Crippen LogP contribution in [-0.4, -0.2) is 27.6 Å². The van der Waals surface area contributed by atoms with Crippen molar-refractivity contribution in [2.75, 3.05) is 5.75 Å². The van der Waals surface area contributed by atoms with Gasteiger partial charge < -0.3 is 5.32 Å². The minimum Gasteiger partial charge on any atom is -0.353 e. The van der Waals surface area contributed by atoms with Gasteiger partial charge in [-0.1, -0.05) is 18.2 Å². The highest BCUT2D eigenvalue weighted by atomic mass is 32.2. The Balaban J connectivity index is 1.32. The van der Waals surface area contributed by atoms with Gasteiger partial charge in [0, 0.05) is 18.2 Å². The van der Waals surface area contributed by atoms with Crippen molar-refractivity contribution >= 4 is 44.9 Å². The van der Waals surface area contributed by atoms with Crippen LogP contribution >= 0.6 is 23.1 Å². The standard InChI is InChI=1S/C18H21N3O3S2/c1-10(14-7-11-2-3-12(14)6-11)19-17(22)9-25-18-20-15-5-4-13(21(23)24)8-16(15)26-18/h4-5,8,10-12,14H,2-3,6-7,9H2,1H3,(H,19,22)/t10-,11-,12-,14-/m0/s1. The maximum Gasteiger partial charge on any atom is 0.270 e. The number of rotatable bonds is 6. The predicted molar refractivity (Wildman–Crippen MR) is 104 cm³/mol. The summed E-state index contributed by atoms with van der Waals surface area (Å²) in [6.07, 6.45) is 5.29. The molecule has 6 nitrogen and oxygen atoms in total. The molecule has 1 aromatic heterocycles. The zero-order chi connectivity index (χ0) is 18.3. The van der Waals surface area contributed by atoms with Crippen LogP contribution in [0.15, 0.2) is 22.5 Å². The summed E-state index contributed by atoms with van der Waals surface area (Å²) in [7, 11) is 0. The van der Waals surface area contributed by atoms with Crippen molar-refractivity contribution in [1.29, 1.82) is 0 Å². The number of aromatic nitrogens is 1. The molecule has 1 heterocycles. The first-order valence-corrected chi connectivity index (χ1v) is 10.8. The number of nitrogens with zero attached hydrogens (tertiary/aromatic N) is 2. The van der Waals surface area contributed by atoms with Crippen LogP contribution in [0.3, 0.4) is 0 Å². The van der Waals surface area contributed by atoms with Gasteiger partial charge in [0.1, 0.15) is 0 Å². The first kappa shape index (κ1) is 17.7. The Hall–Kier alpha value is -1.67. The number of hydrogen-bond acceptors (Lipinski definition) is 6. The van der Waals surface area contributed by atoms with Crippen molar-refractivity contribution in [3.05, 3.63) is 28.3 Å². The molecule has 26 heavy (non-hydrogen) atoms. The summed E-state index contributed by atoms with van der Waals surface area (Å²) in [5.41, 5.74) is 0.800. The molecule has 0 radical (unpaired) electrons. The van der Waals surface area contributed by atoms with E-state index in [-0.39, 0.29) is 17.6 Å². The van der Waals surface area contributed by atoms with Crippen molar-refractivity contribution in [2.24, 2.45) is 17.8 Å². The van der Waals surface area contributed by atoms with Crippen molar-refractivity contribution in [2.45, 2.75) is 43.0 Å². The number of carbonyl (C=O) groups is 1. The number of thioether (sulfide) groups is 1. The van der Waals surface area contributed by atoms with E-state index in [1.54, 1.807) is 6.07 Å². The maximum absolute atomic E-state index is 12.3. The minimum absolute atomic E-state index is 0.0375. The summed E-state index contributed by atoms with van der Waals surface area (Å²) in [5.74, 6) is 2.67. The van der Waals surface area contributed by atoms with Crippen molar-refractivity contribution in [1.82, 2.24) is 10.3 Å². The molecule has 1 amide bonds. The third-order valence-electron chi connectivity index (χ3n) is 5.71. The molecular formula is C18H21N3O3S2. The second-order valence-electron chi connectivity index (χ2n) is 7.37. The van der Waals surface area contributed by atoms with E-state index in [1.165, 1.54) is 60.9 Å². The van der Waals surface area contributed by atoms with Crippen LogP contribution < -0.4 is 5.32 Å². The lowest BCUT2D eigenvalue weighted by atomic mass is 9.84. The number of fused-ring (bicyclic) bond motifs is 3. The van der Waals surface area contributed by atoms with Crippen LogP contribution in [0.5, 0.6) is 0 Å². The summed E-state index contributed by atoms with van der Waals surface area (Å²) >= 11 is 2.79. The highest BCUT2D eigenvalue weighted by Gasteiger charge is 2.42. The molecular weight excluding hydrogens is 370 g/mol. The molecule has 1 N–H and O–H groups in total. The molecule has 8 heteroatoms. The largest absolute Gasteiger partial charge is 0.353 e. The summed E-state index contributed by atoms with van der Waals surface area (Å²) in [6.45, 7) is 2.13. The SMILES string of the molecule is C[C@H](NC(=O)CSc1nc2ccc([N+](=O)[O-])cc2s1)[C@@H]1C[C@H]2CC[C@H]1C2. The Morgan fingerprint density at radius 3 is 3.00 bits per heavy atom. The van der Waals surface area contributed by atoms with Crippen LogP contribution in [0.25, 0.3) is 10.2 Å². The van der Waals surface area contributed by atoms with Gasteiger partial charge in [-0.15, -0.1) is 11.3 Å². The predicted octanol–water partition coefficient (Wildman–Crippen LogP) is 4.24. The van der Waals surface area contributed by atoms with Gasteiger partial charge in [0.2, 0.25) is 5.91 Å². The Bertz CT molecular complexity index is 853. The van der Waals surface area contributed by atoms with E-state index in [9.17, 15) is 14.9 Å². The molecule has 4 atom stereocenters. The minimum atomic E-state index is -0.406. The van der Waals surface area contributed by atoms with Gasteiger partial charge >= 0.3 is 0 Å². The number of hydrogen-bond donors (Lipinski definition) is 1. The lowest BCUT2D eigenvalue weighted by molar-refractivity contribution is -0.384. The summed E-state index contributed by atoms with van der Waals surface area (Å²) < 4.78 is 1.54. The van der Waals surface area contributed by atoms with Crippen molar-refractivity contribution < 1.29 is 9.72 Å². The smallest absolute Gasteiger partial charge is 0.270 e. The third-order valence-corrected chi connectivity index (χ3v) is 7.87. The fourth-order valence-corrected chi connectivity index (χ4v) is 6.42.